The van der Waals surface area contributed by atoms with Crippen molar-refractivity contribution < 1.29 is 18.7 Å². The molecule has 0 amide bonds. The van der Waals surface area contributed by atoms with Crippen LogP contribution >= 0.6 is 27.5 Å². The molecule has 2 aromatic carbocycles. The van der Waals surface area contributed by atoms with Crippen LogP contribution in [0.1, 0.15) is 5.56 Å². The molecule has 2 aromatic rings. The third kappa shape index (κ3) is 3.43. The number of rotatable bonds is 3. The second-order valence-corrected chi connectivity index (χ2v) is 5.25. The Labute approximate surface area is 131 Å². The Bertz CT molecular complexity index is 726. The highest BCUT2D eigenvalue weighted by atomic mass is 79.9. The average molecular weight is 378 g/mol. The number of benzene rings is 2. The standard InChI is InChI=1S/C13H8BrClF2N2O2/c14-6-3-10(16)12(17)11(4-6)21-7-1-2-8(9(15)5-7)13(18)19-20/h1-5,20H,(H2,18,19). The van der Waals surface area contributed by atoms with Gasteiger partial charge in [0.25, 0.3) is 0 Å². The summed E-state index contributed by atoms with van der Waals surface area (Å²) in [4.78, 5) is 0. The first-order valence-electron chi connectivity index (χ1n) is 5.52. The van der Waals surface area contributed by atoms with Gasteiger partial charge in [-0.2, -0.15) is 4.39 Å². The molecule has 0 aliphatic rings. The molecule has 21 heavy (non-hydrogen) atoms. The molecule has 8 heteroatoms. The van der Waals surface area contributed by atoms with Crippen LogP contribution in [0.5, 0.6) is 11.5 Å². The van der Waals surface area contributed by atoms with Crippen molar-refractivity contribution in [2.75, 3.05) is 0 Å². The molecule has 2 rings (SSSR count). The minimum Gasteiger partial charge on any atom is -0.454 e. The van der Waals surface area contributed by atoms with E-state index in [9.17, 15) is 8.78 Å². The van der Waals surface area contributed by atoms with E-state index in [1.807, 2.05) is 0 Å². The molecule has 0 aromatic heterocycles. The van der Waals surface area contributed by atoms with Crippen molar-refractivity contribution in [2.24, 2.45) is 10.9 Å². The van der Waals surface area contributed by atoms with Gasteiger partial charge in [0, 0.05) is 16.1 Å². The minimum absolute atomic E-state index is 0.138. The van der Waals surface area contributed by atoms with Gasteiger partial charge in [-0.15, -0.1) is 0 Å². The summed E-state index contributed by atoms with van der Waals surface area (Å²) < 4.78 is 32.4. The van der Waals surface area contributed by atoms with Crippen molar-refractivity contribution in [2.45, 2.75) is 0 Å². The summed E-state index contributed by atoms with van der Waals surface area (Å²) in [6.07, 6.45) is 0. The fourth-order valence-electron chi connectivity index (χ4n) is 1.55. The molecule has 0 aliphatic carbocycles. The third-order valence-corrected chi connectivity index (χ3v) is 3.28. The molecule has 0 radical (unpaired) electrons. The predicted molar refractivity (Wildman–Crippen MR) is 78.1 cm³/mol. The van der Waals surface area contributed by atoms with Crippen LogP contribution in [0.2, 0.25) is 5.02 Å². The van der Waals surface area contributed by atoms with E-state index in [0.29, 0.717) is 4.47 Å². The van der Waals surface area contributed by atoms with Crippen LogP contribution in [0.25, 0.3) is 0 Å². The summed E-state index contributed by atoms with van der Waals surface area (Å²) in [5, 5.41) is 11.6. The SMILES string of the molecule is N/C(=N/O)c1ccc(Oc2cc(Br)cc(F)c2F)cc1Cl. The maximum absolute atomic E-state index is 13.6. The van der Waals surface area contributed by atoms with Crippen molar-refractivity contribution in [3.05, 3.63) is 57.0 Å². The van der Waals surface area contributed by atoms with E-state index in [-0.39, 0.29) is 27.9 Å². The van der Waals surface area contributed by atoms with E-state index in [0.717, 1.165) is 6.07 Å². The molecule has 0 atom stereocenters. The van der Waals surface area contributed by atoms with Crippen LogP contribution in [0.15, 0.2) is 40.0 Å². The van der Waals surface area contributed by atoms with E-state index in [1.165, 1.54) is 24.3 Å². The number of hydrogen-bond acceptors (Lipinski definition) is 3. The monoisotopic (exact) mass is 376 g/mol. The topological polar surface area (TPSA) is 67.8 Å². The van der Waals surface area contributed by atoms with Gasteiger partial charge in [0.2, 0.25) is 5.82 Å². The Hall–Kier alpha value is -1.86. The molecule has 110 valence electrons. The Morgan fingerprint density at radius 1 is 1.29 bits per heavy atom. The molecular weight excluding hydrogens is 370 g/mol. The summed E-state index contributed by atoms with van der Waals surface area (Å²) >= 11 is 8.98. The zero-order chi connectivity index (χ0) is 15.6. The second kappa shape index (κ2) is 6.28. The fraction of sp³-hybridized carbons (Fsp3) is 0. The van der Waals surface area contributed by atoms with Crippen LogP contribution in [-0.2, 0) is 0 Å². The van der Waals surface area contributed by atoms with Gasteiger partial charge in [0.05, 0.1) is 5.02 Å². The van der Waals surface area contributed by atoms with Gasteiger partial charge in [-0.25, -0.2) is 4.39 Å². The van der Waals surface area contributed by atoms with Crippen molar-refractivity contribution in [3.8, 4) is 11.5 Å². The van der Waals surface area contributed by atoms with Gasteiger partial charge in [-0.05, 0) is 24.3 Å². The molecule has 0 heterocycles. The molecule has 0 unspecified atom stereocenters. The van der Waals surface area contributed by atoms with Gasteiger partial charge in [0.1, 0.15) is 5.75 Å². The van der Waals surface area contributed by atoms with Crippen LogP contribution in [0.3, 0.4) is 0 Å². The summed E-state index contributed by atoms with van der Waals surface area (Å²) in [5.41, 5.74) is 5.71. The first-order valence-corrected chi connectivity index (χ1v) is 6.69. The number of amidine groups is 1. The Morgan fingerprint density at radius 3 is 2.62 bits per heavy atom. The van der Waals surface area contributed by atoms with Crippen molar-refractivity contribution in [3.63, 3.8) is 0 Å². The van der Waals surface area contributed by atoms with Gasteiger partial charge in [-0.3, -0.25) is 0 Å². The Balaban J connectivity index is 2.35. The Kier molecular flexibility index (Phi) is 4.64. The third-order valence-electron chi connectivity index (χ3n) is 2.51. The summed E-state index contributed by atoms with van der Waals surface area (Å²) in [5.74, 6) is -2.46. The van der Waals surface area contributed by atoms with E-state index < -0.39 is 11.6 Å². The van der Waals surface area contributed by atoms with E-state index in [2.05, 4.69) is 21.1 Å². The largest absolute Gasteiger partial charge is 0.454 e. The summed E-state index contributed by atoms with van der Waals surface area (Å²) in [6, 6.07) is 6.46. The number of oxime groups is 1. The quantitative estimate of drug-likeness (QED) is 0.276. The van der Waals surface area contributed by atoms with Gasteiger partial charge >= 0.3 is 0 Å². The van der Waals surface area contributed by atoms with E-state index >= 15 is 0 Å². The molecular formula is C13H8BrClF2N2O2. The minimum atomic E-state index is -1.12. The van der Waals surface area contributed by atoms with Crippen molar-refractivity contribution in [1.82, 2.24) is 0 Å². The van der Waals surface area contributed by atoms with E-state index in [1.54, 1.807) is 0 Å². The molecule has 0 aliphatic heterocycles. The maximum Gasteiger partial charge on any atom is 0.201 e. The maximum atomic E-state index is 13.6. The zero-order valence-electron chi connectivity index (χ0n) is 10.3. The number of halogens is 4. The van der Waals surface area contributed by atoms with Crippen LogP contribution in [0.4, 0.5) is 8.78 Å². The zero-order valence-corrected chi connectivity index (χ0v) is 12.6. The summed E-state index contributed by atoms with van der Waals surface area (Å²) in [7, 11) is 0. The molecule has 0 saturated heterocycles. The number of hydrogen-bond donors (Lipinski definition) is 2. The van der Waals surface area contributed by atoms with Crippen molar-refractivity contribution in [1.29, 1.82) is 0 Å². The van der Waals surface area contributed by atoms with Crippen LogP contribution < -0.4 is 10.5 Å². The first-order chi connectivity index (χ1) is 9.92. The lowest BCUT2D eigenvalue weighted by Crippen LogP contribution is -2.13. The first kappa shape index (κ1) is 15.5. The van der Waals surface area contributed by atoms with Crippen molar-refractivity contribution >= 4 is 33.4 Å². The highest BCUT2D eigenvalue weighted by Gasteiger charge is 2.13. The molecule has 3 N–H and O–H groups in total. The molecule has 4 nitrogen and oxygen atoms in total. The molecule has 0 bridgehead atoms. The average Bonchev–Trinajstić information content (AvgIpc) is 2.43. The highest BCUT2D eigenvalue weighted by Crippen LogP contribution is 2.31. The fourth-order valence-corrected chi connectivity index (χ4v) is 2.23. The van der Waals surface area contributed by atoms with Crippen LogP contribution in [0, 0.1) is 11.6 Å². The van der Waals surface area contributed by atoms with Gasteiger partial charge in [0.15, 0.2) is 17.4 Å². The predicted octanol–water partition coefficient (Wildman–Crippen LogP) is 4.27. The normalized spacial score (nSPS) is 11.5. The smallest absolute Gasteiger partial charge is 0.201 e. The second-order valence-electron chi connectivity index (χ2n) is 3.93. The summed E-state index contributed by atoms with van der Waals surface area (Å²) in [6.45, 7) is 0. The van der Waals surface area contributed by atoms with Crippen LogP contribution in [-0.4, -0.2) is 11.0 Å². The lowest BCUT2D eigenvalue weighted by molar-refractivity contribution is 0.318. The van der Waals surface area contributed by atoms with Gasteiger partial charge < -0.3 is 15.7 Å². The highest BCUT2D eigenvalue weighted by molar-refractivity contribution is 9.10. The van der Waals surface area contributed by atoms with E-state index in [4.69, 9.17) is 27.3 Å². The Morgan fingerprint density at radius 2 is 2.00 bits per heavy atom. The van der Waals surface area contributed by atoms with Gasteiger partial charge in [-0.1, -0.05) is 32.7 Å². The molecule has 0 spiro atoms. The molecule has 0 saturated carbocycles. The number of nitrogens with two attached hydrogens (primary N) is 1. The number of ether oxygens (including phenoxy) is 1. The number of nitrogens with zero attached hydrogens (tertiary/aromatic N) is 1. The molecule has 0 fully saturated rings. The lowest BCUT2D eigenvalue weighted by atomic mass is 10.2. The lowest BCUT2D eigenvalue weighted by Gasteiger charge is -2.10.